The third-order valence-corrected chi connectivity index (χ3v) is 3.95. The van der Waals surface area contributed by atoms with Crippen molar-refractivity contribution in [2.75, 3.05) is 26.3 Å². The van der Waals surface area contributed by atoms with Crippen molar-refractivity contribution in [3.63, 3.8) is 0 Å². The first kappa shape index (κ1) is 15.5. The Morgan fingerprint density at radius 2 is 2.15 bits per heavy atom. The molecule has 1 aliphatic rings. The molecule has 0 radical (unpaired) electrons. The maximum atomic E-state index is 12.4. The normalized spacial score (nSPS) is 16.4. The molecule has 1 aromatic carbocycles. The van der Waals surface area contributed by atoms with Crippen LogP contribution in [0.25, 0.3) is 0 Å². The number of carbonyl (C=O) groups is 1. The van der Waals surface area contributed by atoms with E-state index in [9.17, 15) is 4.79 Å². The highest BCUT2D eigenvalue weighted by molar-refractivity contribution is 9.10. The Morgan fingerprint density at radius 3 is 2.80 bits per heavy atom. The second-order valence-electron chi connectivity index (χ2n) is 4.95. The zero-order valence-corrected chi connectivity index (χ0v) is 13.0. The third kappa shape index (κ3) is 4.30. The van der Waals surface area contributed by atoms with Gasteiger partial charge in [-0.1, -0.05) is 22.0 Å². The Bertz CT molecular complexity index is 444. The minimum Gasteiger partial charge on any atom is -0.396 e. The fourth-order valence-corrected chi connectivity index (χ4v) is 2.74. The molecule has 4 nitrogen and oxygen atoms in total. The lowest BCUT2D eigenvalue weighted by molar-refractivity contribution is 0.00397. The molecule has 1 saturated heterocycles. The molecule has 110 valence electrons. The number of rotatable bonds is 5. The topological polar surface area (TPSA) is 49.8 Å². The summed E-state index contributed by atoms with van der Waals surface area (Å²) in [6.07, 6.45) is 2.63. The molecule has 1 heterocycles. The van der Waals surface area contributed by atoms with Crippen LogP contribution in [0.5, 0.6) is 0 Å². The SMILES string of the molecule is O=C(c1cccc(Br)c1)N1CCC(OCCCO)CC1. The van der Waals surface area contributed by atoms with Crippen LogP contribution in [0.1, 0.15) is 29.6 Å². The molecule has 0 unspecified atom stereocenters. The molecule has 5 heteroatoms. The van der Waals surface area contributed by atoms with Crippen LogP contribution in [0.3, 0.4) is 0 Å². The highest BCUT2D eigenvalue weighted by Gasteiger charge is 2.23. The highest BCUT2D eigenvalue weighted by Crippen LogP contribution is 2.18. The first-order valence-electron chi connectivity index (χ1n) is 6.98. The van der Waals surface area contributed by atoms with Crippen LogP contribution in [0.2, 0.25) is 0 Å². The lowest BCUT2D eigenvalue weighted by Crippen LogP contribution is -2.41. The van der Waals surface area contributed by atoms with Crippen molar-refractivity contribution in [3.05, 3.63) is 34.3 Å². The number of amides is 1. The Morgan fingerprint density at radius 1 is 1.40 bits per heavy atom. The molecule has 20 heavy (non-hydrogen) atoms. The summed E-state index contributed by atoms with van der Waals surface area (Å²) >= 11 is 3.39. The molecule has 1 fully saturated rings. The van der Waals surface area contributed by atoms with Crippen LogP contribution in [0.15, 0.2) is 28.7 Å². The van der Waals surface area contributed by atoms with E-state index in [2.05, 4.69) is 15.9 Å². The number of aliphatic hydroxyl groups is 1. The van der Waals surface area contributed by atoms with Crippen LogP contribution in [-0.4, -0.2) is 48.3 Å². The van der Waals surface area contributed by atoms with E-state index < -0.39 is 0 Å². The molecule has 1 aliphatic heterocycles. The van der Waals surface area contributed by atoms with Gasteiger partial charge in [0, 0.05) is 36.3 Å². The quantitative estimate of drug-likeness (QED) is 0.837. The lowest BCUT2D eigenvalue weighted by atomic mass is 10.1. The zero-order chi connectivity index (χ0) is 14.4. The molecular weight excluding hydrogens is 322 g/mol. The van der Waals surface area contributed by atoms with Gasteiger partial charge < -0.3 is 14.7 Å². The molecule has 1 amide bonds. The molecule has 0 atom stereocenters. The zero-order valence-electron chi connectivity index (χ0n) is 11.4. The molecule has 2 rings (SSSR count). The van der Waals surface area contributed by atoms with Gasteiger partial charge in [0.25, 0.3) is 5.91 Å². The second kappa shape index (κ2) is 7.76. The Hall–Kier alpha value is -0.910. The second-order valence-corrected chi connectivity index (χ2v) is 5.87. The lowest BCUT2D eigenvalue weighted by Gasteiger charge is -2.32. The summed E-state index contributed by atoms with van der Waals surface area (Å²) in [4.78, 5) is 14.2. The number of piperidine rings is 1. The van der Waals surface area contributed by atoms with Crippen molar-refractivity contribution in [1.29, 1.82) is 0 Å². The summed E-state index contributed by atoms with van der Waals surface area (Å²) in [6, 6.07) is 7.49. The summed E-state index contributed by atoms with van der Waals surface area (Å²) in [5.41, 5.74) is 0.721. The van der Waals surface area contributed by atoms with Gasteiger partial charge in [0.2, 0.25) is 0 Å². The Labute approximate surface area is 127 Å². The first-order valence-corrected chi connectivity index (χ1v) is 7.77. The molecule has 0 aromatic heterocycles. The maximum absolute atomic E-state index is 12.4. The van der Waals surface area contributed by atoms with Crippen molar-refractivity contribution in [2.45, 2.75) is 25.4 Å². The van der Waals surface area contributed by atoms with Crippen LogP contribution in [-0.2, 0) is 4.74 Å². The van der Waals surface area contributed by atoms with E-state index >= 15 is 0 Å². The predicted octanol–water partition coefficient (Wildman–Crippen LogP) is 2.45. The fraction of sp³-hybridized carbons (Fsp3) is 0.533. The van der Waals surface area contributed by atoms with Crippen molar-refractivity contribution in [2.24, 2.45) is 0 Å². The number of nitrogens with zero attached hydrogens (tertiary/aromatic N) is 1. The largest absolute Gasteiger partial charge is 0.396 e. The van der Waals surface area contributed by atoms with Gasteiger partial charge in [0.05, 0.1) is 6.10 Å². The summed E-state index contributed by atoms with van der Waals surface area (Å²) < 4.78 is 6.59. The predicted molar refractivity (Wildman–Crippen MR) is 80.7 cm³/mol. The molecule has 0 aliphatic carbocycles. The number of benzene rings is 1. The van der Waals surface area contributed by atoms with Crippen LogP contribution >= 0.6 is 15.9 Å². The standard InChI is InChI=1S/C15H20BrNO3/c16-13-4-1-3-12(11-13)15(19)17-7-5-14(6-8-17)20-10-2-9-18/h1,3-4,11,14,18H,2,5-10H2. The van der Waals surface area contributed by atoms with E-state index in [1.807, 2.05) is 29.2 Å². The van der Waals surface area contributed by atoms with E-state index in [-0.39, 0.29) is 18.6 Å². The maximum Gasteiger partial charge on any atom is 0.253 e. The van der Waals surface area contributed by atoms with Gasteiger partial charge in [0.15, 0.2) is 0 Å². The van der Waals surface area contributed by atoms with Crippen LogP contribution in [0.4, 0.5) is 0 Å². The van der Waals surface area contributed by atoms with Crippen molar-refractivity contribution >= 4 is 21.8 Å². The molecule has 0 spiro atoms. The van der Waals surface area contributed by atoms with Crippen LogP contribution < -0.4 is 0 Å². The van der Waals surface area contributed by atoms with E-state index in [0.29, 0.717) is 13.0 Å². The molecule has 0 bridgehead atoms. The van der Waals surface area contributed by atoms with Crippen molar-refractivity contribution < 1.29 is 14.6 Å². The minimum absolute atomic E-state index is 0.0834. The molecule has 0 saturated carbocycles. The summed E-state index contributed by atoms with van der Waals surface area (Å²) in [5.74, 6) is 0.0834. The van der Waals surface area contributed by atoms with Crippen molar-refractivity contribution in [3.8, 4) is 0 Å². The third-order valence-electron chi connectivity index (χ3n) is 3.46. The average molecular weight is 342 g/mol. The van der Waals surface area contributed by atoms with Crippen LogP contribution in [0, 0.1) is 0 Å². The Kier molecular flexibility index (Phi) is 6.01. The monoisotopic (exact) mass is 341 g/mol. The number of hydrogen-bond donors (Lipinski definition) is 1. The smallest absolute Gasteiger partial charge is 0.253 e. The van der Waals surface area contributed by atoms with Gasteiger partial charge in [-0.25, -0.2) is 0 Å². The Balaban J connectivity index is 1.83. The number of halogens is 1. The van der Waals surface area contributed by atoms with Gasteiger partial charge in [-0.2, -0.15) is 0 Å². The number of likely N-dealkylation sites (tertiary alicyclic amines) is 1. The van der Waals surface area contributed by atoms with Gasteiger partial charge in [0.1, 0.15) is 0 Å². The number of aliphatic hydroxyl groups excluding tert-OH is 1. The number of ether oxygens (including phenoxy) is 1. The molecule has 1 N–H and O–H groups in total. The fourth-order valence-electron chi connectivity index (χ4n) is 2.34. The highest BCUT2D eigenvalue weighted by atomic mass is 79.9. The van der Waals surface area contributed by atoms with Gasteiger partial charge in [-0.05, 0) is 37.5 Å². The van der Waals surface area contributed by atoms with Crippen molar-refractivity contribution in [1.82, 2.24) is 4.90 Å². The van der Waals surface area contributed by atoms with E-state index in [1.165, 1.54) is 0 Å². The van der Waals surface area contributed by atoms with Gasteiger partial charge in [-0.15, -0.1) is 0 Å². The average Bonchev–Trinajstić information content (AvgIpc) is 2.47. The number of carbonyl (C=O) groups excluding carboxylic acids is 1. The molecule has 1 aromatic rings. The van der Waals surface area contributed by atoms with E-state index in [1.54, 1.807) is 0 Å². The number of hydrogen-bond acceptors (Lipinski definition) is 3. The van der Waals surface area contributed by atoms with E-state index in [4.69, 9.17) is 9.84 Å². The van der Waals surface area contributed by atoms with E-state index in [0.717, 1.165) is 36.0 Å². The van der Waals surface area contributed by atoms with Gasteiger partial charge in [-0.3, -0.25) is 4.79 Å². The van der Waals surface area contributed by atoms with Gasteiger partial charge >= 0.3 is 0 Å². The summed E-state index contributed by atoms with van der Waals surface area (Å²) in [6.45, 7) is 2.23. The summed E-state index contributed by atoms with van der Waals surface area (Å²) in [7, 11) is 0. The first-order chi connectivity index (χ1) is 9.70. The summed E-state index contributed by atoms with van der Waals surface area (Å²) in [5, 5.41) is 8.72. The minimum atomic E-state index is 0.0834. The molecular formula is C15H20BrNO3.